The van der Waals surface area contributed by atoms with Crippen LogP contribution >= 0.6 is 0 Å². The van der Waals surface area contributed by atoms with Crippen molar-refractivity contribution >= 4 is 16.9 Å². The zero-order valence-corrected chi connectivity index (χ0v) is 8.80. The summed E-state index contributed by atoms with van der Waals surface area (Å²) >= 11 is 0. The molecule has 16 heavy (non-hydrogen) atoms. The molecule has 2 rings (SSSR count). The number of rotatable bonds is 3. The number of pyridine rings is 2. The van der Waals surface area contributed by atoms with E-state index in [1.807, 2.05) is 6.07 Å². The summed E-state index contributed by atoms with van der Waals surface area (Å²) in [6.07, 6.45) is 3.19. The zero-order chi connectivity index (χ0) is 11.4. The maximum atomic E-state index is 11.6. The van der Waals surface area contributed by atoms with E-state index in [4.69, 9.17) is 4.74 Å². The quantitative estimate of drug-likeness (QED) is 0.778. The van der Waals surface area contributed by atoms with Gasteiger partial charge in [-0.15, -0.1) is 0 Å². The number of hydrogen-bond acceptors (Lipinski definition) is 4. The van der Waals surface area contributed by atoms with Crippen molar-refractivity contribution in [2.75, 3.05) is 13.8 Å². The molecule has 0 radical (unpaired) electrons. The third-order valence-corrected chi connectivity index (χ3v) is 2.09. The van der Waals surface area contributed by atoms with E-state index in [2.05, 4.69) is 15.3 Å². The van der Waals surface area contributed by atoms with Gasteiger partial charge in [0, 0.05) is 19.5 Å². The minimum atomic E-state index is -0.220. The molecule has 0 aliphatic rings. The fraction of sp³-hybridized carbons (Fsp3) is 0.182. The standard InChI is InChI=1S/C11H11N3O2/c1-16-7-14-11(15)8-5-10-9(13-6-8)3-2-4-12-10/h2-6H,7H2,1H3,(H,14,15). The van der Waals surface area contributed by atoms with E-state index in [-0.39, 0.29) is 12.6 Å². The van der Waals surface area contributed by atoms with Crippen molar-refractivity contribution < 1.29 is 9.53 Å². The Kier molecular flexibility index (Phi) is 3.07. The second kappa shape index (κ2) is 4.67. The lowest BCUT2D eigenvalue weighted by Gasteiger charge is -2.03. The normalized spacial score (nSPS) is 10.3. The van der Waals surface area contributed by atoms with Gasteiger partial charge in [-0.3, -0.25) is 14.8 Å². The predicted octanol–water partition coefficient (Wildman–Crippen LogP) is 0.963. The lowest BCUT2D eigenvalue weighted by Crippen LogP contribution is -2.25. The van der Waals surface area contributed by atoms with Crippen LogP contribution in [0.25, 0.3) is 11.0 Å². The maximum absolute atomic E-state index is 11.6. The van der Waals surface area contributed by atoms with Gasteiger partial charge in [0.25, 0.3) is 5.91 Å². The van der Waals surface area contributed by atoms with Gasteiger partial charge in [-0.2, -0.15) is 0 Å². The molecule has 0 aromatic carbocycles. The Morgan fingerprint density at radius 1 is 1.44 bits per heavy atom. The van der Waals surface area contributed by atoms with Crippen molar-refractivity contribution in [1.29, 1.82) is 0 Å². The number of hydrogen-bond donors (Lipinski definition) is 1. The van der Waals surface area contributed by atoms with E-state index in [0.717, 1.165) is 5.52 Å². The highest BCUT2D eigenvalue weighted by molar-refractivity contribution is 5.96. The molecular weight excluding hydrogens is 206 g/mol. The van der Waals surface area contributed by atoms with E-state index in [9.17, 15) is 4.79 Å². The molecule has 82 valence electrons. The molecule has 0 unspecified atom stereocenters. The first-order valence-electron chi connectivity index (χ1n) is 4.79. The number of fused-ring (bicyclic) bond motifs is 1. The summed E-state index contributed by atoms with van der Waals surface area (Å²) in [7, 11) is 1.51. The second-order valence-corrected chi connectivity index (χ2v) is 3.20. The van der Waals surface area contributed by atoms with Gasteiger partial charge < -0.3 is 10.1 Å². The van der Waals surface area contributed by atoms with Crippen molar-refractivity contribution in [2.45, 2.75) is 0 Å². The van der Waals surface area contributed by atoms with Crippen LogP contribution < -0.4 is 5.32 Å². The third-order valence-electron chi connectivity index (χ3n) is 2.09. The van der Waals surface area contributed by atoms with Crippen LogP contribution in [0.4, 0.5) is 0 Å². The van der Waals surface area contributed by atoms with Crippen molar-refractivity contribution in [1.82, 2.24) is 15.3 Å². The molecule has 5 nitrogen and oxygen atoms in total. The van der Waals surface area contributed by atoms with E-state index in [1.54, 1.807) is 18.3 Å². The Bertz CT molecular complexity index is 513. The molecule has 0 aliphatic heterocycles. The van der Waals surface area contributed by atoms with Gasteiger partial charge in [-0.1, -0.05) is 0 Å². The molecular formula is C11H11N3O2. The summed E-state index contributed by atoms with van der Waals surface area (Å²) in [5.74, 6) is -0.220. The molecule has 2 aromatic heterocycles. The number of aromatic nitrogens is 2. The largest absolute Gasteiger partial charge is 0.364 e. The van der Waals surface area contributed by atoms with Gasteiger partial charge in [-0.25, -0.2) is 0 Å². The van der Waals surface area contributed by atoms with E-state index >= 15 is 0 Å². The molecule has 2 heterocycles. The molecule has 2 aromatic rings. The highest BCUT2D eigenvalue weighted by atomic mass is 16.5. The summed E-state index contributed by atoms with van der Waals surface area (Å²) in [6.45, 7) is 0.180. The highest BCUT2D eigenvalue weighted by Gasteiger charge is 2.06. The number of ether oxygens (including phenoxy) is 1. The van der Waals surface area contributed by atoms with E-state index < -0.39 is 0 Å². The lowest BCUT2D eigenvalue weighted by molar-refractivity contribution is 0.0872. The molecule has 0 saturated heterocycles. The van der Waals surface area contributed by atoms with Gasteiger partial charge in [0.15, 0.2) is 0 Å². The molecule has 0 saturated carbocycles. The van der Waals surface area contributed by atoms with Crippen LogP contribution in [0.1, 0.15) is 10.4 Å². The summed E-state index contributed by atoms with van der Waals surface area (Å²) in [4.78, 5) is 19.9. The number of carbonyl (C=O) groups excluding carboxylic acids is 1. The average molecular weight is 217 g/mol. The van der Waals surface area contributed by atoms with Crippen LogP contribution in [-0.2, 0) is 4.74 Å². The summed E-state index contributed by atoms with van der Waals surface area (Å²) < 4.78 is 4.75. The van der Waals surface area contributed by atoms with E-state index in [1.165, 1.54) is 13.3 Å². The first-order valence-corrected chi connectivity index (χ1v) is 4.79. The minimum Gasteiger partial charge on any atom is -0.364 e. The molecule has 0 spiro atoms. The fourth-order valence-electron chi connectivity index (χ4n) is 1.32. The summed E-state index contributed by atoms with van der Waals surface area (Å²) in [6, 6.07) is 5.35. The monoisotopic (exact) mass is 217 g/mol. The van der Waals surface area contributed by atoms with Crippen LogP contribution in [0.5, 0.6) is 0 Å². The van der Waals surface area contributed by atoms with Gasteiger partial charge >= 0.3 is 0 Å². The Morgan fingerprint density at radius 2 is 2.31 bits per heavy atom. The number of carbonyl (C=O) groups is 1. The molecule has 1 amide bonds. The molecule has 1 N–H and O–H groups in total. The van der Waals surface area contributed by atoms with Crippen molar-refractivity contribution in [3.63, 3.8) is 0 Å². The van der Waals surface area contributed by atoms with Gasteiger partial charge in [0.1, 0.15) is 6.73 Å². The van der Waals surface area contributed by atoms with Crippen LogP contribution in [0.3, 0.4) is 0 Å². The predicted molar refractivity (Wildman–Crippen MR) is 58.9 cm³/mol. The number of nitrogens with one attached hydrogen (secondary N) is 1. The van der Waals surface area contributed by atoms with Crippen molar-refractivity contribution in [2.24, 2.45) is 0 Å². The summed E-state index contributed by atoms with van der Waals surface area (Å²) in [5, 5.41) is 2.58. The molecule has 5 heteroatoms. The maximum Gasteiger partial charge on any atom is 0.254 e. The smallest absolute Gasteiger partial charge is 0.254 e. The molecule has 0 fully saturated rings. The lowest BCUT2D eigenvalue weighted by atomic mass is 10.2. The van der Waals surface area contributed by atoms with Crippen LogP contribution in [-0.4, -0.2) is 29.7 Å². The van der Waals surface area contributed by atoms with Crippen LogP contribution in [0.15, 0.2) is 30.6 Å². The van der Waals surface area contributed by atoms with Gasteiger partial charge in [0.05, 0.1) is 16.6 Å². The Hall–Kier alpha value is -2.01. The Morgan fingerprint density at radius 3 is 3.12 bits per heavy atom. The SMILES string of the molecule is COCNC(=O)c1cnc2cccnc2c1. The van der Waals surface area contributed by atoms with Crippen LogP contribution in [0.2, 0.25) is 0 Å². The van der Waals surface area contributed by atoms with Crippen LogP contribution in [0, 0.1) is 0 Å². The van der Waals surface area contributed by atoms with Crippen molar-refractivity contribution in [3.8, 4) is 0 Å². The minimum absolute atomic E-state index is 0.180. The van der Waals surface area contributed by atoms with Gasteiger partial charge in [0.2, 0.25) is 0 Å². The number of nitrogens with zero attached hydrogens (tertiary/aromatic N) is 2. The topological polar surface area (TPSA) is 64.1 Å². The second-order valence-electron chi connectivity index (χ2n) is 3.20. The average Bonchev–Trinajstić information content (AvgIpc) is 2.35. The summed E-state index contributed by atoms with van der Waals surface area (Å²) in [5.41, 5.74) is 1.95. The van der Waals surface area contributed by atoms with Crippen molar-refractivity contribution in [3.05, 3.63) is 36.2 Å². The molecule has 0 bridgehead atoms. The molecule has 0 atom stereocenters. The number of amides is 1. The number of methoxy groups -OCH3 is 1. The zero-order valence-electron chi connectivity index (χ0n) is 8.80. The Balaban J connectivity index is 2.28. The first-order chi connectivity index (χ1) is 7.81. The molecule has 0 aliphatic carbocycles. The first kappa shape index (κ1) is 10.5. The fourth-order valence-corrected chi connectivity index (χ4v) is 1.32. The van der Waals surface area contributed by atoms with E-state index in [0.29, 0.717) is 11.1 Å². The third kappa shape index (κ3) is 2.14. The van der Waals surface area contributed by atoms with Gasteiger partial charge in [-0.05, 0) is 18.2 Å². The Labute approximate surface area is 92.5 Å². The highest BCUT2D eigenvalue weighted by Crippen LogP contribution is 2.09.